The topological polar surface area (TPSA) is 66.3 Å². The quantitative estimate of drug-likeness (QED) is 0.483. The smallest absolute Gasteiger partial charge is 0.229 e. The Balaban J connectivity index is 1.29. The minimum Gasteiger partial charge on any atom is -0.324 e. The normalized spacial score (nSPS) is 16.5. The van der Waals surface area contributed by atoms with E-state index >= 15 is 0 Å². The number of anilines is 2. The van der Waals surface area contributed by atoms with Crippen molar-refractivity contribution in [1.82, 2.24) is 24.3 Å². The van der Waals surface area contributed by atoms with Gasteiger partial charge in [0.15, 0.2) is 11.1 Å². The van der Waals surface area contributed by atoms with Gasteiger partial charge in [-0.1, -0.05) is 18.2 Å². The second-order valence-electron chi connectivity index (χ2n) is 9.69. The van der Waals surface area contributed by atoms with Crippen molar-refractivity contribution in [3.63, 3.8) is 0 Å². The Hall–Kier alpha value is -3.55. The summed E-state index contributed by atoms with van der Waals surface area (Å²) in [5.74, 6) is 0.481. The van der Waals surface area contributed by atoms with Gasteiger partial charge < -0.3 is 14.8 Å². The zero-order chi connectivity index (χ0) is 23.8. The average molecular weight is 467 g/mol. The Labute approximate surface area is 205 Å². The number of fused-ring (bicyclic) bond motifs is 2. The lowest BCUT2D eigenvalue weighted by Gasteiger charge is -2.32. The Morgan fingerprint density at radius 1 is 0.971 bits per heavy atom. The Morgan fingerprint density at radius 3 is 2.71 bits per heavy atom. The van der Waals surface area contributed by atoms with Gasteiger partial charge in [-0.05, 0) is 67.3 Å². The fraction of sp³-hybridized carbons (Fsp3) is 0.321. The van der Waals surface area contributed by atoms with Gasteiger partial charge in [-0.3, -0.25) is 9.69 Å². The molecule has 0 amide bonds. The Kier molecular flexibility index (Phi) is 5.80. The molecule has 35 heavy (non-hydrogen) atoms. The Morgan fingerprint density at radius 2 is 1.83 bits per heavy atom. The third-order valence-electron chi connectivity index (χ3n) is 7.18. The second kappa shape index (κ2) is 9.24. The second-order valence-corrected chi connectivity index (χ2v) is 9.69. The third-order valence-corrected chi connectivity index (χ3v) is 7.18. The summed E-state index contributed by atoms with van der Waals surface area (Å²) in [6, 6.07) is 16.5. The first-order chi connectivity index (χ1) is 17.1. The molecule has 3 heterocycles. The molecule has 1 N–H and O–H groups in total. The van der Waals surface area contributed by atoms with Crippen LogP contribution in [0.25, 0.3) is 16.7 Å². The number of likely N-dealkylation sites (N-methyl/N-ethyl adjacent to an activating group) is 1. The van der Waals surface area contributed by atoms with Gasteiger partial charge in [0.05, 0.1) is 5.39 Å². The van der Waals surface area contributed by atoms with Crippen LogP contribution in [0.3, 0.4) is 0 Å². The van der Waals surface area contributed by atoms with E-state index in [2.05, 4.69) is 63.5 Å². The predicted octanol–water partition coefficient (Wildman–Crippen LogP) is 3.76. The van der Waals surface area contributed by atoms with Crippen molar-refractivity contribution >= 4 is 22.7 Å². The molecule has 178 valence electrons. The van der Waals surface area contributed by atoms with Gasteiger partial charge in [-0.25, -0.2) is 4.98 Å². The van der Waals surface area contributed by atoms with Crippen molar-refractivity contribution in [1.29, 1.82) is 0 Å². The molecule has 0 radical (unpaired) electrons. The van der Waals surface area contributed by atoms with Gasteiger partial charge in [0.1, 0.15) is 0 Å². The first kappa shape index (κ1) is 21.9. The van der Waals surface area contributed by atoms with Crippen LogP contribution in [0.5, 0.6) is 0 Å². The fourth-order valence-electron chi connectivity index (χ4n) is 5.15. The van der Waals surface area contributed by atoms with E-state index in [4.69, 9.17) is 4.98 Å². The number of aromatic nitrogens is 3. The minimum atomic E-state index is -0.0712. The molecule has 0 spiro atoms. The summed E-state index contributed by atoms with van der Waals surface area (Å²) < 4.78 is 1.99. The van der Waals surface area contributed by atoms with Crippen LogP contribution in [-0.4, -0.2) is 57.6 Å². The van der Waals surface area contributed by atoms with Gasteiger partial charge >= 0.3 is 0 Å². The van der Waals surface area contributed by atoms with Crippen molar-refractivity contribution in [3.8, 4) is 5.69 Å². The van der Waals surface area contributed by atoms with Crippen LogP contribution in [0.1, 0.15) is 23.1 Å². The van der Waals surface area contributed by atoms with Crippen LogP contribution >= 0.6 is 0 Å². The molecular formula is C28H30N6O. The van der Waals surface area contributed by atoms with E-state index < -0.39 is 0 Å². The zero-order valence-electron chi connectivity index (χ0n) is 20.1. The first-order valence-electron chi connectivity index (χ1n) is 12.4. The number of nitrogens with zero attached hydrogens (tertiary/aromatic N) is 5. The van der Waals surface area contributed by atoms with Gasteiger partial charge in [0, 0.05) is 62.6 Å². The number of hydrogen-bond donors (Lipinski definition) is 1. The van der Waals surface area contributed by atoms with E-state index in [1.165, 1.54) is 23.1 Å². The highest BCUT2D eigenvalue weighted by Gasteiger charge is 2.15. The third kappa shape index (κ3) is 4.57. The molecule has 0 atom stereocenters. The van der Waals surface area contributed by atoms with Gasteiger partial charge in [-0.15, -0.1) is 0 Å². The number of piperazine rings is 1. The summed E-state index contributed by atoms with van der Waals surface area (Å²) in [7, 11) is 2.18. The molecule has 7 heteroatoms. The van der Waals surface area contributed by atoms with E-state index in [1.54, 1.807) is 12.3 Å². The van der Waals surface area contributed by atoms with Crippen LogP contribution in [0.15, 0.2) is 65.7 Å². The molecule has 1 aliphatic heterocycles. The summed E-state index contributed by atoms with van der Waals surface area (Å²) in [4.78, 5) is 26.6. The summed E-state index contributed by atoms with van der Waals surface area (Å²) in [6.45, 7) is 5.31. The van der Waals surface area contributed by atoms with Crippen molar-refractivity contribution in [2.75, 3.05) is 38.5 Å². The number of nitrogens with one attached hydrogen (secondary N) is 1. The number of benzene rings is 2. The van der Waals surface area contributed by atoms with Crippen molar-refractivity contribution < 1.29 is 0 Å². The van der Waals surface area contributed by atoms with Crippen LogP contribution < -0.4 is 10.7 Å². The molecule has 2 aromatic carbocycles. The molecule has 2 aliphatic rings. The van der Waals surface area contributed by atoms with E-state index in [-0.39, 0.29) is 5.43 Å². The highest BCUT2D eigenvalue weighted by molar-refractivity contribution is 5.77. The van der Waals surface area contributed by atoms with Crippen molar-refractivity contribution in [3.05, 3.63) is 87.8 Å². The SMILES string of the molecule is CN1CCN(Cc2cccc(Nc3ncc4c(=O)ccn(-c5ccc6c(c5)CCC6)c4n3)c2)CC1. The molecule has 1 fully saturated rings. The lowest BCUT2D eigenvalue weighted by Crippen LogP contribution is -2.43. The molecule has 2 aromatic heterocycles. The predicted molar refractivity (Wildman–Crippen MR) is 140 cm³/mol. The summed E-state index contributed by atoms with van der Waals surface area (Å²) in [5, 5.41) is 3.87. The molecule has 6 rings (SSSR count). The highest BCUT2D eigenvalue weighted by Crippen LogP contribution is 2.26. The number of hydrogen-bond acceptors (Lipinski definition) is 6. The monoisotopic (exact) mass is 466 g/mol. The number of pyridine rings is 1. The highest BCUT2D eigenvalue weighted by atomic mass is 16.1. The maximum Gasteiger partial charge on any atom is 0.229 e. The van der Waals surface area contributed by atoms with E-state index in [1.807, 2.05) is 16.8 Å². The standard InChI is InChI=1S/C28H30N6O/c1-32-12-14-33(15-13-32)19-20-4-2-7-23(16-20)30-28-29-18-25-26(35)10-11-34(27(25)31-28)24-9-8-21-5-3-6-22(21)17-24/h2,4,7-11,16-18H,3,5-6,12-15,19H2,1H3,(H,29,30,31). The van der Waals surface area contributed by atoms with E-state index in [9.17, 15) is 4.79 Å². The Bertz CT molecular complexity index is 1440. The molecular weight excluding hydrogens is 436 g/mol. The molecule has 7 nitrogen and oxygen atoms in total. The van der Waals surface area contributed by atoms with E-state index in [0.29, 0.717) is 17.0 Å². The van der Waals surface area contributed by atoms with Crippen molar-refractivity contribution in [2.24, 2.45) is 0 Å². The summed E-state index contributed by atoms with van der Waals surface area (Å²) in [5.41, 5.74) is 6.58. The molecule has 0 saturated carbocycles. The largest absolute Gasteiger partial charge is 0.324 e. The molecule has 0 bridgehead atoms. The van der Waals surface area contributed by atoms with Gasteiger partial charge in [-0.2, -0.15) is 4.98 Å². The molecule has 1 aliphatic carbocycles. The first-order valence-corrected chi connectivity index (χ1v) is 12.4. The lowest BCUT2D eigenvalue weighted by molar-refractivity contribution is 0.148. The van der Waals surface area contributed by atoms with Crippen LogP contribution in [0, 0.1) is 0 Å². The average Bonchev–Trinajstić information content (AvgIpc) is 3.34. The van der Waals surface area contributed by atoms with Crippen LogP contribution in [0.4, 0.5) is 11.6 Å². The summed E-state index contributed by atoms with van der Waals surface area (Å²) in [6.07, 6.45) is 6.89. The zero-order valence-corrected chi connectivity index (χ0v) is 20.1. The van der Waals surface area contributed by atoms with Gasteiger partial charge in [0.2, 0.25) is 5.95 Å². The lowest BCUT2D eigenvalue weighted by atomic mass is 10.1. The maximum atomic E-state index is 12.6. The van der Waals surface area contributed by atoms with Gasteiger partial charge in [0.25, 0.3) is 0 Å². The number of aryl methyl sites for hydroxylation is 2. The minimum absolute atomic E-state index is 0.0712. The molecule has 0 unspecified atom stereocenters. The van der Waals surface area contributed by atoms with Crippen LogP contribution in [0.2, 0.25) is 0 Å². The fourth-order valence-corrected chi connectivity index (χ4v) is 5.15. The van der Waals surface area contributed by atoms with Crippen molar-refractivity contribution in [2.45, 2.75) is 25.8 Å². The molecule has 1 saturated heterocycles. The molecule has 4 aromatic rings. The maximum absolute atomic E-state index is 12.6. The van der Waals surface area contributed by atoms with E-state index in [0.717, 1.165) is 56.9 Å². The van der Waals surface area contributed by atoms with Crippen LogP contribution in [-0.2, 0) is 19.4 Å². The number of rotatable bonds is 5. The summed E-state index contributed by atoms with van der Waals surface area (Å²) >= 11 is 0.